The van der Waals surface area contributed by atoms with Gasteiger partial charge in [0.25, 0.3) is 10.1 Å². The largest absolute Gasteiger partial charge is 0.481 e. The van der Waals surface area contributed by atoms with Crippen LogP contribution in [0.15, 0.2) is 23.1 Å². The standard InChI is InChI=1S/C24H36O7S/c25-23(26)11-6-4-2-1-3-5-9-18-13-14-19(10-7-8-12-24(27)28)22-17-20(32(29,30)31)15-16-21(18)22/h15-19H,1-14H2,(H,25,26)(H,27,28)(H,29,30,31). The van der Waals surface area contributed by atoms with Gasteiger partial charge in [-0.25, -0.2) is 0 Å². The Kier molecular flexibility index (Phi) is 10.6. The molecule has 0 saturated carbocycles. The third-order valence-electron chi connectivity index (χ3n) is 6.49. The zero-order chi connectivity index (χ0) is 23.6. The number of aliphatic carboxylic acids is 2. The summed E-state index contributed by atoms with van der Waals surface area (Å²) >= 11 is 0. The second kappa shape index (κ2) is 12.9. The molecule has 32 heavy (non-hydrogen) atoms. The summed E-state index contributed by atoms with van der Waals surface area (Å²) in [5, 5.41) is 17.5. The second-order valence-electron chi connectivity index (χ2n) is 8.93. The van der Waals surface area contributed by atoms with Gasteiger partial charge in [-0.3, -0.25) is 14.1 Å². The first-order chi connectivity index (χ1) is 15.2. The highest BCUT2D eigenvalue weighted by Crippen LogP contribution is 2.44. The van der Waals surface area contributed by atoms with Crippen LogP contribution in [0.4, 0.5) is 0 Å². The molecule has 2 unspecified atom stereocenters. The van der Waals surface area contributed by atoms with Crippen LogP contribution in [0.25, 0.3) is 0 Å². The second-order valence-corrected chi connectivity index (χ2v) is 10.4. The average molecular weight is 469 g/mol. The first-order valence-electron chi connectivity index (χ1n) is 11.7. The average Bonchev–Trinajstić information content (AvgIpc) is 2.72. The minimum atomic E-state index is -4.27. The fourth-order valence-electron chi connectivity index (χ4n) is 4.79. The van der Waals surface area contributed by atoms with E-state index in [1.807, 2.05) is 6.07 Å². The van der Waals surface area contributed by atoms with E-state index in [2.05, 4.69) is 0 Å². The molecule has 0 heterocycles. The Hall–Kier alpha value is -1.93. The molecule has 0 spiro atoms. The van der Waals surface area contributed by atoms with E-state index >= 15 is 0 Å². The Morgan fingerprint density at radius 3 is 1.78 bits per heavy atom. The molecule has 0 fully saturated rings. The molecule has 2 atom stereocenters. The van der Waals surface area contributed by atoms with Gasteiger partial charge in [-0.15, -0.1) is 0 Å². The molecule has 1 aromatic rings. The Balaban J connectivity index is 1.94. The summed E-state index contributed by atoms with van der Waals surface area (Å²) in [6, 6.07) is 4.94. The van der Waals surface area contributed by atoms with Gasteiger partial charge >= 0.3 is 11.9 Å². The molecular weight excluding hydrogens is 432 g/mol. The van der Waals surface area contributed by atoms with Crippen molar-refractivity contribution in [2.45, 2.75) is 107 Å². The molecule has 8 heteroatoms. The Morgan fingerprint density at radius 1 is 0.750 bits per heavy atom. The van der Waals surface area contributed by atoms with E-state index in [-0.39, 0.29) is 23.7 Å². The van der Waals surface area contributed by atoms with E-state index in [0.717, 1.165) is 81.8 Å². The zero-order valence-electron chi connectivity index (χ0n) is 18.7. The van der Waals surface area contributed by atoms with Crippen molar-refractivity contribution in [3.63, 3.8) is 0 Å². The highest BCUT2D eigenvalue weighted by molar-refractivity contribution is 7.85. The quantitative estimate of drug-likeness (QED) is 0.221. The molecule has 0 aromatic heterocycles. The van der Waals surface area contributed by atoms with Crippen molar-refractivity contribution < 1.29 is 32.8 Å². The van der Waals surface area contributed by atoms with Crippen molar-refractivity contribution in [1.82, 2.24) is 0 Å². The van der Waals surface area contributed by atoms with Crippen LogP contribution in [0.2, 0.25) is 0 Å². The fraction of sp³-hybridized carbons (Fsp3) is 0.667. The predicted octanol–water partition coefficient (Wildman–Crippen LogP) is 5.74. The lowest BCUT2D eigenvalue weighted by Gasteiger charge is -2.32. The van der Waals surface area contributed by atoms with E-state index in [9.17, 15) is 22.6 Å². The number of carbonyl (C=O) groups is 2. The van der Waals surface area contributed by atoms with Gasteiger partial charge in [0.2, 0.25) is 0 Å². The number of carboxylic acids is 2. The summed E-state index contributed by atoms with van der Waals surface area (Å²) in [5.74, 6) is -0.989. The van der Waals surface area contributed by atoms with E-state index in [4.69, 9.17) is 10.2 Å². The maximum atomic E-state index is 11.7. The Morgan fingerprint density at radius 2 is 1.22 bits per heavy atom. The fourth-order valence-corrected chi connectivity index (χ4v) is 5.31. The third-order valence-corrected chi connectivity index (χ3v) is 7.34. The van der Waals surface area contributed by atoms with E-state index in [0.29, 0.717) is 12.3 Å². The van der Waals surface area contributed by atoms with Crippen molar-refractivity contribution in [2.24, 2.45) is 0 Å². The lowest BCUT2D eigenvalue weighted by molar-refractivity contribution is -0.138. The molecule has 0 amide bonds. The predicted molar refractivity (Wildman–Crippen MR) is 122 cm³/mol. The van der Waals surface area contributed by atoms with Gasteiger partial charge < -0.3 is 10.2 Å². The highest BCUT2D eigenvalue weighted by Gasteiger charge is 2.28. The topological polar surface area (TPSA) is 129 Å². The maximum Gasteiger partial charge on any atom is 0.303 e. The smallest absolute Gasteiger partial charge is 0.303 e. The van der Waals surface area contributed by atoms with Gasteiger partial charge in [0.05, 0.1) is 4.90 Å². The summed E-state index contributed by atoms with van der Waals surface area (Å²) in [4.78, 5) is 21.2. The van der Waals surface area contributed by atoms with Gasteiger partial charge in [0, 0.05) is 12.8 Å². The van der Waals surface area contributed by atoms with Crippen molar-refractivity contribution in [2.75, 3.05) is 0 Å². The SMILES string of the molecule is O=C(O)CCCCCCCCC1CCC(CCCCC(=O)O)c2cc(S(=O)(=O)O)ccc21. The van der Waals surface area contributed by atoms with Crippen molar-refractivity contribution >= 4 is 22.1 Å². The minimum absolute atomic E-state index is 0.0752. The molecule has 1 aliphatic rings. The van der Waals surface area contributed by atoms with Crippen LogP contribution in [0.5, 0.6) is 0 Å². The van der Waals surface area contributed by atoms with Crippen LogP contribution in [-0.2, 0) is 19.7 Å². The lowest BCUT2D eigenvalue weighted by atomic mass is 9.73. The van der Waals surface area contributed by atoms with Crippen molar-refractivity contribution in [3.05, 3.63) is 29.3 Å². The molecule has 1 aromatic carbocycles. The molecule has 2 rings (SSSR count). The molecule has 0 radical (unpaired) electrons. The van der Waals surface area contributed by atoms with Gasteiger partial charge in [0.1, 0.15) is 0 Å². The van der Waals surface area contributed by atoms with Gasteiger partial charge in [-0.1, -0.05) is 44.6 Å². The monoisotopic (exact) mass is 468 g/mol. The van der Waals surface area contributed by atoms with Crippen LogP contribution in [0.3, 0.4) is 0 Å². The van der Waals surface area contributed by atoms with Crippen LogP contribution in [0.1, 0.15) is 113 Å². The summed E-state index contributed by atoms with van der Waals surface area (Å²) in [7, 11) is -4.27. The molecule has 0 saturated heterocycles. The molecule has 180 valence electrons. The summed E-state index contributed by atoms with van der Waals surface area (Å²) in [6.45, 7) is 0. The number of hydrogen-bond donors (Lipinski definition) is 3. The number of hydrogen-bond acceptors (Lipinski definition) is 4. The van der Waals surface area contributed by atoms with Gasteiger partial charge in [0.15, 0.2) is 0 Å². The zero-order valence-corrected chi connectivity index (χ0v) is 19.5. The summed E-state index contributed by atoms with van der Waals surface area (Å²) < 4.78 is 32.8. The lowest BCUT2D eigenvalue weighted by Crippen LogP contribution is -2.16. The summed E-state index contributed by atoms with van der Waals surface area (Å²) in [6.07, 6.45) is 11.6. The highest BCUT2D eigenvalue weighted by atomic mass is 32.2. The van der Waals surface area contributed by atoms with E-state index in [1.165, 1.54) is 6.07 Å². The Labute approximate surface area is 191 Å². The van der Waals surface area contributed by atoms with E-state index < -0.39 is 22.1 Å². The van der Waals surface area contributed by atoms with Crippen LogP contribution in [-0.4, -0.2) is 35.1 Å². The molecule has 0 aliphatic heterocycles. The summed E-state index contributed by atoms with van der Waals surface area (Å²) in [5.41, 5.74) is 2.15. The Bertz CT molecular complexity index is 863. The number of unbranched alkanes of at least 4 members (excludes halogenated alkanes) is 6. The van der Waals surface area contributed by atoms with Crippen LogP contribution >= 0.6 is 0 Å². The molecule has 0 bridgehead atoms. The molecule has 1 aliphatic carbocycles. The first kappa shape index (κ1) is 26.3. The van der Waals surface area contributed by atoms with Crippen LogP contribution in [0, 0.1) is 0 Å². The van der Waals surface area contributed by atoms with Crippen molar-refractivity contribution in [3.8, 4) is 0 Å². The normalized spacial score (nSPS) is 18.3. The number of carboxylic acid groups (broad SMARTS) is 2. The maximum absolute atomic E-state index is 11.7. The van der Waals surface area contributed by atoms with Gasteiger partial charge in [-0.05, 0) is 73.6 Å². The molecule has 3 N–H and O–H groups in total. The van der Waals surface area contributed by atoms with E-state index in [1.54, 1.807) is 6.07 Å². The molecule has 7 nitrogen and oxygen atoms in total. The first-order valence-corrected chi connectivity index (χ1v) is 13.2. The minimum Gasteiger partial charge on any atom is -0.481 e. The van der Waals surface area contributed by atoms with Crippen LogP contribution < -0.4 is 0 Å². The third kappa shape index (κ3) is 8.90. The van der Waals surface area contributed by atoms with Crippen molar-refractivity contribution in [1.29, 1.82) is 0 Å². The van der Waals surface area contributed by atoms with Gasteiger partial charge in [-0.2, -0.15) is 8.42 Å². The number of fused-ring (bicyclic) bond motifs is 1. The number of benzene rings is 1. The number of rotatable bonds is 15. The molecular formula is C24H36O7S.